The van der Waals surface area contributed by atoms with Gasteiger partial charge in [-0.1, -0.05) is 19.3 Å². The zero-order valence-corrected chi connectivity index (χ0v) is 10.6. The van der Waals surface area contributed by atoms with Gasteiger partial charge in [0.2, 0.25) is 0 Å². The highest BCUT2D eigenvalue weighted by Crippen LogP contribution is 2.17. The summed E-state index contributed by atoms with van der Waals surface area (Å²) < 4.78 is 0. The number of hydrogen-bond acceptors (Lipinski definition) is 3. The first-order valence-corrected chi connectivity index (χ1v) is 6.41. The Kier molecular flexibility index (Phi) is 4.33. The van der Waals surface area contributed by atoms with Gasteiger partial charge in [-0.2, -0.15) is 0 Å². The molecule has 1 aromatic rings. The number of carboxylic acids is 1. The third-order valence-electron chi connectivity index (χ3n) is 3.18. The molecule has 0 unspecified atom stereocenters. The van der Waals surface area contributed by atoms with Crippen LogP contribution in [0.4, 0.5) is 10.5 Å². The van der Waals surface area contributed by atoms with E-state index < -0.39 is 5.97 Å². The number of carboxylic acid groups (broad SMARTS) is 1. The van der Waals surface area contributed by atoms with E-state index in [1.807, 2.05) is 0 Å². The van der Waals surface area contributed by atoms with Gasteiger partial charge in [0.1, 0.15) is 0 Å². The summed E-state index contributed by atoms with van der Waals surface area (Å²) >= 11 is 0. The lowest BCUT2D eigenvalue weighted by molar-refractivity contribution is 0.0696. The zero-order chi connectivity index (χ0) is 13.7. The monoisotopic (exact) mass is 263 g/mol. The molecule has 6 heteroatoms. The summed E-state index contributed by atoms with van der Waals surface area (Å²) in [5, 5.41) is 14.3. The number of aromatic nitrogens is 1. The van der Waals surface area contributed by atoms with E-state index in [4.69, 9.17) is 5.11 Å². The highest BCUT2D eigenvalue weighted by atomic mass is 16.4. The first kappa shape index (κ1) is 13.3. The Labute approximate surface area is 111 Å². The van der Waals surface area contributed by atoms with Crippen LogP contribution in [0.3, 0.4) is 0 Å². The fourth-order valence-electron chi connectivity index (χ4n) is 2.22. The number of pyridine rings is 1. The van der Waals surface area contributed by atoms with E-state index in [-0.39, 0.29) is 17.6 Å². The van der Waals surface area contributed by atoms with E-state index >= 15 is 0 Å². The molecule has 1 aliphatic rings. The fraction of sp³-hybridized carbons (Fsp3) is 0.462. The summed E-state index contributed by atoms with van der Waals surface area (Å²) in [4.78, 5) is 26.3. The first-order chi connectivity index (χ1) is 9.15. The second-order valence-electron chi connectivity index (χ2n) is 4.70. The number of urea groups is 1. The summed E-state index contributed by atoms with van der Waals surface area (Å²) in [7, 11) is 0. The minimum absolute atomic E-state index is 0.0514. The molecule has 0 aliphatic heterocycles. The third-order valence-corrected chi connectivity index (χ3v) is 3.18. The Morgan fingerprint density at radius 2 is 1.95 bits per heavy atom. The van der Waals surface area contributed by atoms with E-state index in [9.17, 15) is 9.59 Å². The molecule has 1 saturated carbocycles. The largest absolute Gasteiger partial charge is 0.478 e. The molecule has 0 bridgehead atoms. The van der Waals surface area contributed by atoms with Crippen LogP contribution in [-0.2, 0) is 0 Å². The average molecular weight is 263 g/mol. The summed E-state index contributed by atoms with van der Waals surface area (Å²) in [6, 6.07) is 1.29. The smallest absolute Gasteiger partial charge is 0.337 e. The SMILES string of the molecule is O=C(Nc1cncc(C(=O)O)c1)NC1CCCCC1. The molecule has 1 heterocycles. The molecule has 2 rings (SSSR count). The zero-order valence-electron chi connectivity index (χ0n) is 10.6. The molecule has 2 amide bonds. The van der Waals surface area contributed by atoms with Gasteiger partial charge in [0.15, 0.2) is 0 Å². The quantitative estimate of drug-likeness (QED) is 0.779. The molecule has 19 heavy (non-hydrogen) atoms. The topological polar surface area (TPSA) is 91.3 Å². The number of hydrogen-bond donors (Lipinski definition) is 3. The molecular weight excluding hydrogens is 246 g/mol. The highest BCUT2D eigenvalue weighted by molar-refractivity contribution is 5.92. The maximum atomic E-state index is 11.8. The van der Waals surface area contributed by atoms with E-state index in [1.54, 1.807) is 0 Å². The van der Waals surface area contributed by atoms with E-state index in [0.717, 1.165) is 25.7 Å². The van der Waals surface area contributed by atoms with Gasteiger partial charge < -0.3 is 15.7 Å². The van der Waals surface area contributed by atoms with Crippen molar-refractivity contribution in [1.82, 2.24) is 10.3 Å². The summed E-state index contributed by atoms with van der Waals surface area (Å²) in [6.45, 7) is 0. The predicted molar refractivity (Wildman–Crippen MR) is 70.2 cm³/mol. The lowest BCUT2D eigenvalue weighted by Gasteiger charge is -2.22. The molecule has 1 aliphatic carbocycles. The van der Waals surface area contributed by atoms with Gasteiger partial charge in [-0.05, 0) is 18.9 Å². The van der Waals surface area contributed by atoms with E-state index in [1.165, 1.54) is 24.9 Å². The number of nitrogens with zero attached hydrogens (tertiary/aromatic N) is 1. The van der Waals surface area contributed by atoms with Gasteiger partial charge in [-0.25, -0.2) is 9.59 Å². The molecule has 0 radical (unpaired) electrons. The van der Waals surface area contributed by atoms with Crippen molar-refractivity contribution >= 4 is 17.7 Å². The lowest BCUT2D eigenvalue weighted by Crippen LogP contribution is -2.39. The van der Waals surface area contributed by atoms with Crippen molar-refractivity contribution in [3.63, 3.8) is 0 Å². The fourth-order valence-corrected chi connectivity index (χ4v) is 2.22. The second-order valence-corrected chi connectivity index (χ2v) is 4.70. The van der Waals surface area contributed by atoms with Crippen LogP contribution >= 0.6 is 0 Å². The normalized spacial score (nSPS) is 15.8. The minimum atomic E-state index is -1.07. The average Bonchev–Trinajstić information content (AvgIpc) is 2.40. The van der Waals surface area contributed by atoms with Gasteiger partial charge in [0.05, 0.1) is 17.4 Å². The molecule has 1 fully saturated rings. The molecule has 6 nitrogen and oxygen atoms in total. The lowest BCUT2D eigenvalue weighted by atomic mass is 9.96. The van der Waals surface area contributed by atoms with Gasteiger partial charge in [-0.15, -0.1) is 0 Å². The van der Waals surface area contributed by atoms with Crippen molar-refractivity contribution in [2.45, 2.75) is 38.1 Å². The van der Waals surface area contributed by atoms with Crippen molar-refractivity contribution in [2.24, 2.45) is 0 Å². The Hall–Kier alpha value is -2.11. The second kappa shape index (κ2) is 6.17. The number of rotatable bonds is 3. The molecule has 102 valence electrons. The van der Waals surface area contributed by atoms with Crippen LogP contribution in [0.15, 0.2) is 18.5 Å². The maximum Gasteiger partial charge on any atom is 0.337 e. The standard InChI is InChI=1S/C13H17N3O3/c17-12(18)9-6-11(8-14-7-9)16-13(19)15-10-4-2-1-3-5-10/h6-8,10H,1-5H2,(H,17,18)(H2,15,16,19). The molecule has 1 aromatic heterocycles. The Morgan fingerprint density at radius 1 is 1.21 bits per heavy atom. The highest BCUT2D eigenvalue weighted by Gasteiger charge is 2.15. The molecule has 3 N–H and O–H groups in total. The molecule has 0 atom stereocenters. The van der Waals surface area contributed by atoms with Crippen LogP contribution in [0.1, 0.15) is 42.5 Å². The summed E-state index contributed by atoms with van der Waals surface area (Å²) in [5.74, 6) is -1.07. The number of aromatic carboxylic acids is 1. The molecular formula is C13H17N3O3. The molecule has 0 spiro atoms. The number of carbonyl (C=O) groups excluding carboxylic acids is 1. The first-order valence-electron chi connectivity index (χ1n) is 6.41. The van der Waals surface area contributed by atoms with Crippen LogP contribution in [0.25, 0.3) is 0 Å². The number of nitrogens with one attached hydrogen (secondary N) is 2. The predicted octanol–water partition coefficient (Wildman–Crippen LogP) is 2.23. The van der Waals surface area contributed by atoms with Gasteiger partial charge in [0, 0.05) is 12.2 Å². The Balaban J connectivity index is 1.90. The van der Waals surface area contributed by atoms with E-state index in [2.05, 4.69) is 15.6 Å². The van der Waals surface area contributed by atoms with Crippen molar-refractivity contribution in [1.29, 1.82) is 0 Å². The Bertz CT molecular complexity index is 470. The minimum Gasteiger partial charge on any atom is -0.478 e. The number of carbonyl (C=O) groups is 2. The molecule has 0 aromatic carbocycles. The van der Waals surface area contributed by atoms with Gasteiger partial charge in [0.25, 0.3) is 0 Å². The van der Waals surface area contributed by atoms with Crippen LogP contribution in [-0.4, -0.2) is 28.1 Å². The third kappa shape index (κ3) is 3.94. The van der Waals surface area contributed by atoms with E-state index in [0.29, 0.717) is 5.69 Å². The Morgan fingerprint density at radius 3 is 2.63 bits per heavy atom. The van der Waals surface area contributed by atoms with Crippen molar-refractivity contribution < 1.29 is 14.7 Å². The summed E-state index contributed by atoms with van der Waals surface area (Å²) in [5.41, 5.74) is 0.434. The van der Waals surface area contributed by atoms with Crippen molar-refractivity contribution in [2.75, 3.05) is 5.32 Å². The summed E-state index contributed by atoms with van der Waals surface area (Å²) in [6.07, 6.45) is 8.17. The van der Waals surface area contributed by atoms with Gasteiger partial charge >= 0.3 is 12.0 Å². The van der Waals surface area contributed by atoms with Crippen LogP contribution in [0.5, 0.6) is 0 Å². The van der Waals surface area contributed by atoms with Crippen molar-refractivity contribution in [3.05, 3.63) is 24.0 Å². The number of anilines is 1. The van der Waals surface area contributed by atoms with Gasteiger partial charge in [-0.3, -0.25) is 4.98 Å². The van der Waals surface area contributed by atoms with Crippen LogP contribution in [0.2, 0.25) is 0 Å². The molecule has 0 saturated heterocycles. The van der Waals surface area contributed by atoms with Crippen molar-refractivity contribution in [3.8, 4) is 0 Å². The maximum absolute atomic E-state index is 11.8. The van der Waals surface area contributed by atoms with Crippen LogP contribution in [0, 0.1) is 0 Å². The van der Waals surface area contributed by atoms with Crippen LogP contribution < -0.4 is 10.6 Å². The number of amides is 2.